The molecule has 5 nitrogen and oxygen atoms in total. The summed E-state index contributed by atoms with van der Waals surface area (Å²) in [6.07, 6.45) is 3.66. The van der Waals surface area contributed by atoms with E-state index in [-0.39, 0.29) is 23.6 Å². The first-order valence-corrected chi connectivity index (χ1v) is 9.64. The van der Waals surface area contributed by atoms with Crippen LogP contribution in [0.1, 0.15) is 57.5 Å². The third-order valence-electron chi connectivity index (χ3n) is 4.89. The number of urea groups is 1. The van der Waals surface area contributed by atoms with Gasteiger partial charge < -0.3 is 14.6 Å². The lowest BCUT2D eigenvalue weighted by Crippen LogP contribution is -2.41. The van der Waals surface area contributed by atoms with Crippen LogP contribution >= 0.6 is 11.3 Å². The van der Waals surface area contributed by atoms with Crippen LogP contribution in [-0.4, -0.2) is 29.4 Å². The van der Waals surface area contributed by atoms with Gasteiger partial charge in [0.05, 0.1) is 12.6 Å². The number of amides is 2. The van der Waals surface area contributed by atoms with Crippen LogP contribution in [0.3, 0.4) is 0 Å². The molecule has 0 bridgehead atoms. The molecule has 0 aromatic carbocycles. The highest BCUT2D eigenvalue weighted by molar-refractivity contribution is 7.09. The molecule has 1 aromatic heterocycles. The number of nitrogens with zero attached hydrogens (tertiary/aromatic N) is 2. The van der Waals surface area contributed by atoms with E-state index in [9.17, 15) is 4.79 Å². The first-order chi connectivity index (χ1) is 11.2. The van der Waals surface area contributed by atoms with E-state index in [1.54, 1.807) is 11.3 Å². The maximum absolute atomic E-state index is 12.3. The van der Waals surface area contributed by atoms with Gasteiger partial charge in [-0.25, -0.2) is 4.79 Å². The molecule has 6 heteroatoms. The summed E-state index contributed by atoms with van der Waals surface area (Å²) >= 11 is 1.57. The number of ether oxygens (including phenoxy) is 1. The van der Waals surface area contributed by atoms with Crippen LogP contribution in [0.25, 0.3) is 0 Å². The molecule has 24 heavy (non-hydrogen) atoms. The van der Waals surface area contributed by atoms with Gasteiger partial charge in [0, 0.05) is 23.2 Å². The van der Waals surface area contributed by atoms with Crippen LogP contribution in [-0.2, 0) is 11.3 Å². The monoisotopic (exact) mass is 353 g/mol. The molecule has 1 N–H and O–H groups in total. The van der Waals surface area contributed by atoms with Crippen molar-refractivity contribution in [2.45, 2.75) is 79.5 Å². The number of aryl methyl sites for hydroxylation is 1. The Kier molecular flexibility index (Phi) is 6.26. The van der Waals surface area contributed by atoms with Crippen molar-refractivity contribution in [3.05, 3.63) is 15.4 Å². The number of rotatable bonds is 3. The average molecular weight is 354 g/mol. The SMILES string of the molecule is Cc1sc(=NC(=O)NC(C)C(C)(C)C)n(C[C@@H]2CCCCO2)c1C. The molecule has 1 aromatic rings. The lowest BCUT2D eigenvalue weighted by molar-refractivity contribution is 0.00525. The van der Waals surface area contributed by atoms with Crippen molar-refractivity contribution in [3.63, 3.8) is 0 Å². The van der Waals surface area contributed by atoms with Crippen LogP contribution in [0, 0.1) is 19.3 Å². The van der Waals surface area contributed by atoms with Crippen molar-refractivity contribution in [1.29, 1.82) is 0 Å². The van der Waals surface area contributed by atoms with Gasteiger partial charge in [-0.05, 0) is 45.4 Å². The largest absolute Gasteiger partial charge is 0.376 e. The second kappa shape index (κ2) is 7.83. The molecule has 2 amide bonds. The fourth-order valence-electron chi connectivity index (χ4n) is 2.57. The molecule has 0 radical (unpaired) electrons. The molecule has 0 spiro atoms. The van der Waals surface area contributed by atoms with Crippen molar-refractivity contribution in [2.75, 3.05) is 6.61 Å². The molecule has 2 rings (SSSR count). The maximum atomic E-state index is 12.3. The molecule has 2 atom stereocenters. The standard InChI is InChI=1S/C18H31N3O2S/c1-12-13(2)24-17(20-16(22)19-14(3)18(4,5)6)21(12)11-15-9-7-8-10-23-15/h14-15H,7-11H2,1-6H3,(H,19,22)/t14?,15-/m0/s1. The third-order valence-corrected chi connectivity index (χ3v) is 5.98. The summed E-state index contributed by atoms with van der Waals surface area (Å²) in [4.78, 5) is 18.6. The Morgan fingerprint density at radius 1 is 1.42 bits per heavy atom. The van der Waals surface area contributed by atoms with Crippen LogP contribution < -0.4 is 10.1 Å². The predicted octanol–water partition coefficient (Wildman–Crippen LogP) is 3.78. The van der Waals surface area contributed by atoms with Crippen molar-refractivity contribution in [2.24, 2.45) is 10.4 Å². The normalized spacial score (nSPS) is 20.9. The Balaban J connectivity index is 2.19. The minimum atomic E-state index is -0.267. The first-order valence-electron chi connectivity index (χ1n) is 8.82. The van der Waals surface area contributed by atoms with E-state index in [1.807, 2.05) is 6.92 Å². The van der Waals surface area contributed by atoms with E-state index in [2.05, 4.69) is 49.5 Å². The smallest absolute Gasteiger partial charge is 0.343 e. The fourth-order valence-corrected chi connectivity index (χ4v) is 3.56. The highest BCUT2D eigenvalue weighted by Crippen LogP contribution is 2.19. The Morgan fingerprint density at radius 2 is 2.12 bits per heavy atom. The number of carbonyl (C=O) groups is 1. The molecule has 1 unspecified atom stereocenters. The minimum Gasteiger partial charge on any atom is -0.376 e. The van der Waals surface area contributed by atoms with E-state index in [4.69, 9.17) is 4.74 Å². The average Bonchev–Trinajstić information content (AvgIpc) is 2.75. The number of carbonyl (C=O) groups excluding carboxylic acids is 1. The van der Waals surface area contributed by atoms with Gasteiger partial charge in [0.25, 0.3) is 0 Å². The molecule has 0 aliphatic carbocycles. The highest BCUT2D eigenvalue weighted by atomic mass is 32.1. The number of hydrogen-bond acceptors (Lipinski definition) is 3. The molecule has 1 fully saturated rings. The topological polar surface area (TPSA) is 55.6 Å². The zero-order chi connectivity index (χ0) is 17.9. The fraction of sp³-hybridized carbons (Fsp3) is 0.778. The van der Waals surface area contributed by atoms with E-state index in [0.29, 0.717) is 0 Å². The Bertz CT molecular complexity index is 634. The maximum Gasteiger partial charge on any atom is 0.343 e. The summed E-state index contributed by atoms with van der Waals surface area (Å²) in [5.41, 5.74) is 1.18. The van der Waals surface area contributed by atoms with Crippen molar-refractivity contribution < 1.29 is 9.53 Å². The molecule has 1 saturated heterocycles. The van der Waals surface area contributed by atoms with Gasteiger partial charge in [-0.1, -0.05) is 20.8 Å². The van der Waals surface area contributed by atoms with E-state index < -0.39 is 0 Å². The summed E-state index contributed by atoms with van der Waals surface area (Å²) < 4.78 is 7.99. The van der Waals surface area contributed by atoms with Crippen LogP contribution in [0.5, 0.6) is 0 Å². The van der Waals surface area contributed by atoms with Gasteiger partial charge >= 0.3 is 6.03 Å². The van der Waals surface area contributed by atoms with E-state index in [0.717, 1.165) is 30.8 Å². The number of nitrogens with one attached hydrogen (secondary N) is 1. The van der Waals surface area contributed by atoms with Gasteiger partial charge in [0.2, 0.25) is 0 Å². The highest BCUT2D eigenvalue weighted by Gasteiger charge is 2.22. The van der Waals surface area contributed by atoms with Crippen LogP contribution in [0.4, 0.5) is 4.79 Å². The van der Waals surface area contributed by atoms with Gasteiger partial charge in [0.15, 0.2) is 4.80 Å². The summed E-state index contributed by atoms with van der Waals surface area (Å²) in [6.45, 7) is 14.1. The molecular weight excluding hydrogens is 322 g/mol. The zero-order valence-corrected chi connectivity index (χ0v) is 16.6. The third kappa shape index (κ3) is 4.93. The van der Waals surface area contributed by atoms with Crippen molar-refractivity contribution >= 4 is 17.4 Å². The minimum absolute atomic E-state index is 0.0123. The van der Waals surface area contributed by atoms with Crippen LogP contribution in [0.15, 0.2) is 4.99 Å². The lowest BCUT2D eigenvalue weighted by atomic mass is 9.88. The van der Waals surface area contributed by atoms with Gasteiger partial charge in [-0.15, -0.1) is 11.3 Å². The zero-order valence-electron chi connectivity index (χ0n) is 15.8. The summed E-state index contributed by atoms with van der Waals surface area (Å²) in [5.74, 6) is 0. The molecular formula is C18H31N3O2S. The molecule has 136 valence electrons. The Labute approximate surface area is 149 Å². The molecule has 2 heterocycles. The quantitative estimate of drug-likeness (QED) is 0.899. The van der Waals surface area contributed by atoms with Crippen molar-refractivity contribution in [1.82, 2.24) is 9.88 Å². The molecule has 1 aliphatic heterocycles. The predicted molar refractivity (Wildman–Crippen MR) is 98.4 cm³/mol. The summed E-state index contributed by atoms with van der Waals surface area (Å²) in [7, 11) is 0. The van der Waals surface area contributed by atoms with E-state index >= 15 is 0 Å². The van der Waals surface area contributed by atoms with Gasteiger partial charge in [0.1, 0.15) is 0 Å². The molecule has 1 aliphatic rings. The molecule has 0 saturated carbocycles. The Morgan fingerprint density at radius 3 is 2.71 bits per heavy atom. The Hall–Kier alpha value is -1.14. The van der Waals surface area contributed by atoms with Gasteiger partial charge in [-0.3, -0.25) is 0 Å². The lowest BCUT2D eigenvalue weighted by Gasteiger charge is -2.27. The number of aromatic nitrogens is 1. The number of thiazole rings is 1. The second-order valence-corrected chi connectivity index (χ2v) is 8.96. The van der Waals surface area contributed by atoms with Crippen molar-refractivity contribution in [3.8, 4) is 0 Å². The second-order valence-electron chi connectivity index (χ2n) is 7.77. The van der Waals surface area contributed by atoms with E-state index in [1.165, 1.54) is 17.0 Å². The van der Waals surface area contributed by atoms with Crippen LogP contribution in [0.2, 0.25) is 0 Å². The summed E-state index contributed by atoms with van der Waals surface area (Å²) in [5, 5.41) is 2.98. The number of hydrogen-bond donors (Lipinski definition) is 1. The summed E-state index contributed by atoms with van der Waals surface area (Å²) in [6, 6.07) is -0.206. The van der Waals surface area contributed by atoms with Gasteiger partial charge in [-0.2, -0.15) is 4.99 Å². The first kappa shape index (κ1) is 19.2.